The minimum absolute atomic E-state index is 0.411. The fraction of sp³-hybridized carbons (Fsp3) is 0.421. The largest absolute Gasteiger partial charge is 0.465 e. The van der Waals surface area contributed by atoms with Crippen molar-refractivity contribution in [1.29, 1.82) is 0 Å². The van der Waals surface area contributed by atoms with Gasteiger partial charge in [-0.2, -0.15) is 4.98 Å². The van der Waals surface area contributed by atoms with Crippen LogP contribution in [0.25, 0.3) is 0 Å². The fourth-order valence-electron chi connectivity index (χ4n) is 3.13. The smallest absolute Gasteiger partial charge is 0.337 e. The summed E-state index contributed by atoms with van der Waals surface area (Å²) < 4.78 is 4.77. The van der Waals surface area contributed by atoms with Crippen LogP contribution in [-0.4, -0.2) is 36.1 Å². The van der Waals surface area contributed by atoms with E-state index in [0.29, 0.717) is 28.0 Å². The van der Waals surface area contributed by atoms with Gasteiger partial charge in [0.05, 0.1) is 23.4 Å². The van der Waals surface area contributed by atoms with Crippen molar-refractivity contribution in [2.45, 2.75) is 26.7 Å². The minimum Gasteiger partial charge on any atom is -0.465 e. The van der Waals surface area contributed by atoms with E-state index < -0.39 is 5.97 Å². The number of carbonyl (C=O) groups is 1. The van der Waals surface area contributed by atoms with Gasteiger partial charge in [-0.15, -0.1) is 0 Å². The van der Waals surface area contributed by atoms with E-state index in [1.807, 2.05) is 13.0 Å². The predicted molar refractivity (Wildman–Crippen MR) is 103 cm³/mol. The van der Waals surface area contributed by atoms with Gasteiger partial charge in [0.1, 0.15) is 5.82 Å². The number of carbonyl (C=O) groups excluding carboxylic acids is 1. The molecule has 2 aromatic rings. The Hall–Kier alpha value is -2.34. The zero-order valence-corrected chi connectivity index (χ0v) is 16.0. The monoisotopic (exact) mass is 374 g/mol. The molecule has 1 aliphatic heterocycles. The van der Waals surface area contributed by atoms with Crippen LogP contribution in [0.15, 0.2) is 24.3 Å². The molecule has 6 nitrogen and oxygen atoms in total. The highest BCUT2D eigenvalue weighted by Gasteiger charge is 2.19. The molecule has 0 spiro atoms. The molecule has 1 atom stereocenters. The maximum Gasteiger partial charge on any atom is 0.337 e. The van der Waals surface area contributed by atoms with Crippen LogP contribution in [0.1, 0.15) is 35.8 Å². The van der Waals surface area contributed by atoms with Crippen LogP contribution >= 0.6 is 11.6 Å². The van der Waals surface area contributed by atoms with Crippen LogP contribution in [0, 0.1) is 12.8 Å². The Morgan fingerprint density at radius 1 is 1.35 bits per heavy atom. The van der Waals surface area contributed by atoms with Crippen LogP contribution in [0.5, 0.6) is 0 Å². The van der Waals surface area contributed by atoms with E-state index in [1.165, 1.54) is 13.5 Å². The molecule has 7 heteroatoms. The van der Waals surface area contributed by atoms with Crippen molar-refractivity contribution in [2.75, 3.05) is 30.4 Å². The quantitative estimate of drug-likeness (QED) is 0.809. The lowest BCUT2D eigenvalue weighted by Crippen LogP contribution is -2.35. The topological polar surface area (TPSA) is 67.3 Å². The van der Waals surface area contributed by atoms with Crippen molar-refractivity contribution in [2.24, 2.45) is 5.92 Å². The van der Waals surface area contributed by atoms with Crippen LogP contribution in [-0.2, 0) is 4.74 Å². The molecule has 1 unspecified atom stereocenters. The number of aromatic nitrogens is 2. The molecule has 0 amide bonds. The summed E-state index contributed by atoms with van der Waals surface area (Å²) in [6.45, 7) is 6.11. The van der Waals surface area contributed by atoms with Crippen molar-refractivity contribution < 1.29 is 9.53 Å². The fourth-order valence-corrected chi connectivity index (χ4v) is 3.30. The number of methoxy groups -OCH3 is 1. The third-order valence-electron chi connectivity index (χ3n) is 4.43. The van der Waals surface area contributed by atoms with E-state index in [1.54, 1.807) is 18.2 Å². The molecule has 138 valence electrons. The van der Waals surface area contributed by atoms with Gasteiger partial charge in [-0.1, -0.05) is 18.5 Å². The number of anilines is 3. The number of hydrogen-bond acceptors (Lipinski definition) is 6. The van der Waals surface area contributed by atoms with Gasteiger partial charge in [-0.25, -0.2) is 9.78 Å². The highest BCUT2D eigenvalue weighted by molar-refractivity contribution is 6.33. The summed E-state index contributed by atoms with van der Waals surface area (Å²) in [7, 11) is 1.35. The van der Waals surface area contributed by atoms with Crippen LogP contribution in [0.4, 0.5) is 17.5 Å². The molecule has 26 heavy (non-hydrogen) atoms. The third kappa shape index (κ3) is 4.25. The second-order valence-corrected chi connectivity index (χ2v) is 7.11. The van der Waals surface area contributed by atoms with Crippen LogP contribution in [0.2, 0.25) is 5.02 Å². The molecule has 1 N–H and O–H groups in total. The second kappa shape index (κ2) is 7.91. The van der Waals surface area contributed by atoms with Crippen molar-refractivity contribution in [3.8, 4) is 0 Å². The van der Waals surface area contributed by atoms with Gasteiger partial charge in [0, 0.05) is 24.8 Å². The molecule has 0 aliphatic carbocycles. The summed E-state index contributed by atoms with van der Waals surface area (Å²) in [5.41, 5.74) is 1.90. The number of piperidine rings is 1. The molecule has 0 radical (unpaired) electrons. The lowest BCUT2D eigenvalue weighted by molar-refractivity contribution is 0.0601. The average Bonchev–Trinajstić information content (AvgIpc) is 2.62. The Balaban J connectivity index is 1.87. The summed E-state index contributed by atoms with van der Waals surface area (Å²) in [5.74, 6) is 1.59. The first-order valence-corrected chi connectivity index (χ1v) is 9.09. The van der Waals surface area contributed by atoms with Crippen molar-refractivity contribution in [3.63, 3.8) is 0 Å². The van der Waals surface area contributed by atoms with E-state index >= 15 is 0 Å². The highest BCUT2D eigenvalue weighted by atomic mass is 35.5. The summed E-state index contributed by atoms with van der Waals surface area (Å²) in [6, 6.07) is 6.81. The maximum atomic E-state index is 11.7. The molecular formula is C19H23ClN4O2. The normalized spacial score (nSPS) is 17.1. The molecular weight excluding hydrogens is 352 g/mol. The standard InChI is InChI=1S/C19H23ClN4O2/c1-12-5-4-8-24(11-12)19-21-13(2)9-17(23-19)22-16-10-14(18(25)26-3)6-7-15(16)20/h6-7,9-10,12H,4-5,8,11H2,1-3H3,(H,21,22,23). The number of esters is 1. The zero-order chi connectivity index (χ0) is 18.7. The number of rotatable bonds is 4. The Labute approximate surface area is 158 Å². The van der Waals surface area contributed by atoms with E-state index in [-0.39, 0.29) is 0 Å². The van der Waals surface area contributed by atoms with Gasteiger partial charge < -0.3 is 15.0 Å². The molecule has 1 aliphatic rings. The number of nitrogens with zero attached hydrogens (tertiary/aromatic N) is 3. The highest BCUT2D eigenvalue weighted by Crippen LogP contribution is 2.28. The molecule has 1 aromatic heterocycles. The van der Waals surface area contributed by atoms with Gasteiger partial charge in [0.25, 0.3) is 0 Å². The third-order valence-corrected chi connectivity index (χ3v) is 4.76. The Bertz CT molecular complexity index is 812. The van der Waals surface area contributed by atoms with Gasteiger partial charge in [0.15, 0.2) is 0 Å². The summed E-state index contributed by atoms with van der Waals surface area (Å²) in [5, 5.41) is 3.71. The number of nitrogens with one attached hydrogen (secondary N) is 1. The predicted octanol–water partition coefficient (Wildman–Crippen LogP) is 4.20. The van der Waals surface area contributed by atoms with E-state index in [4.69, 9.17) is 16.3 Å². The lowest BCUT2D eigenvalue weighted by Gasteiger charge is -2.31. The summed E-state index contributed by atoms with van der Waals surface area (Å²) >= 11 is 6.27. The first-order valence-electron chi connectivity index (χ1n) is 8.72. The average molecular weight is 375 g/mol. The number of aryl methyl sites for hydroxylation is 1. The molecule has 1 saturated heterocycles. The van der Waals surface area contributed by atoms with E-state index in [9.17, 15) is 4.79 Å². The van der Waals surface area contributed by atoms with Crippen LogP contribution < -0.4 is 10.2 Å². The number of halogens is 1. The van der Waals surface area contributed by atoms with Gasteiger partial charge in [0.2, 0.25) is 5.95 Å². The molecule has 2 heterocycles. The van der Waals surface area contributed by atoms with Crippen molar-refractivity contribution >= 4 is 35.0 Å². The first kappa shape index (κ1) is 18.5. The Kier molecular flexibility index (Phi) is 5.61. The number of benzene rings is 1. The molecule has 1 fully saturated rings. The molecule has 0 saturated carbocycles. The lowest BCUT2D eigenvalue weighted by atomic mass is 10.0. The van der Waals surface area contributed by atoms with Crippen molar-refractivity contribution in [3.05, 3.63) is 40.5 Å². The zero-order valence-electron chi connectivity index (χ0n) is 15.3. The number of ether oxygens (including phenoxy) is 1. The van der Waals surface area contributed by atoms with Crippen molar-refractivity contribution in [1.82, 2.24) is 9.97 Å². The van der Waals surface area contributed by atoms with E-state index in [0.717, 1.165) is 31.2 Å². The molecule has 1 aromatic carbocycles. The Morgan fingerprint density at radius 3 is 2.88 bits per heavy atom. The van der Waals surface area contributed by atoms with E-state index in [2.05, 4.69) is 27.1 Å². The van der Waals surface area contributed by atoms with Gasteiger partial charge >= 0.3 is 5.97 Å². The summed E-state index contributed by atoms with van der Waals surface area (Å²) in [4.78, 5) is 23.2. The molecule has 0 bridgehead atoms. The first-order chi connectivity index (χ1) is 12.5. The maximum absolute atomic E-state index is 11.7. The number of hydrogen-bond donors (Lipinski definition) is 1. The van der Waals surface area contributed by atoms with Gasteiger partial charge in [-0.3, -0.25) is 0 Å². The van der Waals surface area contributed by atoms with Crippen LogP contribution in [0.3, 0.4) is 0 Å². The minimum atomic E-state index is -0.411. The van der Waals surface area contributed by atoms with Gasteiger partial charge in [-0.05, 0) is 43.9 Å². The Morgan fingerprint density at radius 2 is 2.15 bits per heavy atom. The summed E-state index contributed by atoms with van der Waals surface area (Å²) in [6.07, 6.45) is 2.39. The second-order valence-electron chi connectivity index (χ2n) is 6.70. The SMILES string of the molecule is COC(=O)c1ccc(Cl)c(Nc2cc(C)nc(N3CCCC(C)C3)n2)c1. The molecule has 3 rings (SSSR count).